The highest BCUT2D eigenvalue weighted by atomic mass is 15.2. The van der Waals surface area contributed by atoms with Gasteiger partial charge in [-0.1, -0.05) is 60.7 Å². The molecule has 4 rings (SSSR count). The summed E-state index contributed by atoms with van der Waals surface area (Å²) in [7, 11) is 2.26. The van der Waals surface area contributed by atoms with Gasteiger partial charge in [0.1, 0.15) is 0 Å². The molecule has 0 aromatic heterocycles. The summed E-state index contributed by atoms with van der Waals surface area (Å²) in [5, 5.41) is 6.44. The first-order valence-corrected chi connectivity index (χ1v) is 9.58. The van der Waals surface area contributed by atoms with Crippen molar-refractivity contribution in [3.8, 4) is 0 Å². The summed E-state index contributed by atoms with van der Waals surface area (Å²) >= 11 is 0. The van der Waals surface area contributed by atoms with Gasteiger partial charge in [0.25, 0.3) is 0 Å². The lowest BCUT2D eigenvalue weighted by atomic mass is 9.75. The molecule has 2 aliphatic heterocycles. The molecule has 2 heterocycles. The van der Waals surface area contributed by atoms with Crippen LogP contribution in [0.3, 0.4) is 0 Å². The van der Waals surface area contributed by atoms with Crippen molar-refractivity contribution in [1.29, 1.82) is 0 Å². The maximum atomic E-state index is 3.22. The van der Waals surface area contributed by atoms with E-state index >= 15 is 0 Å². The van der Waals surface area contributed by atoms with Crippen molar-refractivity contribution < 1.29 is 0 Å². The van der Waals surface area contributed by atoms with E-state index in [4.69, 9.17) is 0 Å². The van der Waals surface area contributed by atoms with Crippen molar-refractivity contribution in [1.82, 2.24) is 15.5 Å². The van der Waals surface area contributed by atoms with Gasteiger partial charge in [0.15, 0.2) is 0 Å². The van der Waals surface area contributed by atoms with Crippen LogP contribution >= 0.6 is 0 Å². The van der Waals surface area contributed by atoms with E-state index in [1.54, 1.807) is 0 Å². The number of nitrogens with zero attached hydrogens (tertiary/aromatic N) is 1. The smallest absolute Gasteiger partial charge is 0.0713 e. The second-order valence-electron chi connectivity index (χ2n) is 6.97. The Morgan fingerprint density at radius 2 is 1.20 bits per heavy atom. The molecule has 2 fully saturated rings. The van der Waals surface area contributed by atoms with Gasteiger partial charge in [0.2, 0.25) is 0 Å². The predicted molar refractivity (Wildman–Crippen MR) is 106 cm³/mol. The van der Waals surface area contributed by atoms with E-state index in [9.17, 15) is 0 Å². The first-order chi connectivity index (χ1) is 12.3. The highest BCUT2D eigenvalue weighted by Gasteiger charge is 2.39. The molecule has 2 saturated heterocycles. The van der Waals surface area contributed by atoms with Crippen LogP contribution in [-0.4, -0.2) is 44.7 Å². The molecule has 0 saturated carbocycles. The SMILES string of the molecule is C1CNCCN1.CN1CCCCC1(c1ccccc1)c1ccccc1. The zero-order valence-corrected chi connectivity index (χ0v) is 15.4. The Labute approximate surface area is 152 Å². The van der Waals surface area contributed by atoms with E-state index in [1.807, 2.05) is 0 Å². The second kappa shape index (κ2) is 9.14. The summed E-state index contributed by atoms with van der Waals surface area (Å²) in [6.45, 7) is 5.73. The molecule has 2 N–H and O–H groups in total. The fourth-order valence-electron chi connectivity index (χ4n) is 4.04. The average molecular weight is 338 g/mol. The largest absolute Gasteiger partial charge is 0.314 e. The van der Waals surface area contributed by atoms with Gasteiger partial charge in [0, 0.05) is 26.2 Å². The minimum atomic E-state index is 0.0563. The molecule has 2 aromatic carbocycles. The number of hydrogen-bond donors (Lipinski definition) is 2. The van der Waals surface area contributed by atoms with Gasteiger partial charge >= 0.3 is 0 Å². The fraction of sp³-hybridized carbons (Fsp3) is 0.455. The Hall–Kier alpha value is -1.68. The van der Waals surface area contributed by atoms with Crippen LogP contribution in [0.5, 0.6) is 0 Å². The number of rotatable bonds is 2. The minimum Gasteiger partial charge on any atom is -0.314 e. The molecule has 2 aromatic rings. The highest BCUT2D eigenvalue weighted by molar-refractivity contribution is 5.39. The molecule has 0 bridgehead atoms. The lowest BCUT2D eigenvalue weighted by Crippen LogP contribution is -2.47. The Kier molecular flexibility index (Phi) is 6.62. The van der Waals surface area contributed by atoms with E-state index in [2.05, 4.69) is 83.2 Å². The van der Waals surface area contributed by atoms with Crippen LogP contribution in [0, 0.1) is 0 Å². The van der Waals surface area contributed by atoms with Crippen molar-refractivity contribution in [2.45, 2.75) is 24.8 Å². The second-order valence-corrected chi connectivity index (χ2v) is 6.97. The van der Waals surface area contributed by atoms with Crippen LogP contribution < -0.4 is 10.6 Å². The highest BCUT2D eigenvalue weighted by Crippen LogP contribution is 2.42. The molecule has 134 valence electrons. The van der Waals surface area contributed by atoms with Crippen molar-refractivity contribution in [2.75, 3.05) is 39.8 Å². The molecule has 0 spiro atoms. The zero-order chi connectivity index (χ0) is 17.4. The summed E-state index contributed by atoms with van der Waals surface area (Å²) in [4.78, 5) is 2.53. The molecule has 0 amide bonds. The predicted octanol–water partition coefficient (Wildman–Crippen LogP) is 3.23. The van der Waals surface area contributed by atoms with Crippen molar-refractivity contribution in [3.63, 3.8) is 0 Å². The monoisotopic (exact) mass is 337 g/mol. The standard InChI is InChI=1S/C18H21N.C4H10N2/c1-19-15-9-8-14-18(19,16-10-4-2-5-11-16)17-12-6-3-7-13-17;1-2-6-4-3-5-1/h2-7,10-13H,8-9,14-15H2,1H3;5-6H,1-4H2. The lowest BCUT2D eigenvalue weighted by molar-refractivity contribution is 0.109. The molecule has 0 aliphatic carbocycles. The normalized spacial score (nSPS) is 20.4. The Morgan fingerprint density at radius 3 is 1.60 bits per heavy atom. The third-order valence-corrected chi connectivity index (χ3v) is 5.39. The van der Waals surface area contributed by atoms with Gasteiger partial charge in [-0.3, -0.25) is 4.90 Å². The molecule has 2 aliphatic rings. The maximum Gasteiger partial charge on any atom is 0.0713 e. The minimum absolute atomic E-state index is 0.0563. The number of piperidine rings is 1. The Morgan fingerprint density at radius 1 is 0.720 bits per heavy atom. The molecule has 0 unspecified atom stereocenters. The number of piperazine rings is 1. The summed E-state index contributed by atoms with van der Waals surface area (Å²) < 4.78 is 0. The third-order valence-electron chi connectivity index (χ3n) is 5.39. The summed E-state index contributed by atoms with van der Waals surface area (Å²) in [5.41, 5.74) is 2.90. The molecule has 0 radical (unpaired) electrons. The molecule has 0 atom stereocenters. The van der Waals surface area contributed by atoms with Crippen LogP contribution in [-0.2, 0) is 5.54 Å². The summed E-state index contributed by atoms with van der Waals surface area (Å²) in [5.74, 6) is 0. The van der Waals surface area contributed by atoms with E-state index in [0.29, 0.717) is 0 Å². The topological polar surface area (TPSA) is 27.3 Å². The van der Waals surface area contributed by atoms with E-state index < -0.39 is 0 Å². The maximum absolute atomic E-state index is 3.22. The number of likely N-dealkylation sites (tertiary alicyclic amines) is 1. The van der Waals surface area contributed by atoms with Crippen LogP contribution in [0.15, 0.2) is 60.7 Å². The summed E-state index contributed by atoms with van der Waals surface area (Å²) in [6.07, 6.45) is 3.81. The van der Waals surface area contributed by atoms with Crippen molar-refractivity contribution >= 4 is 0 Å². The van der Waals surface area contributed by atoms with Crippen LogP contribution in [0.1, 0.15) is 30.4 Å². The quantitative estimate of drug-likeness (QED) is 0.881. The van der Waals surface area contributed by atoms with Crippen molar-refractivity contribution in [2.24, 2.45) is 0 Å². The van der Waals surface area contributed by atoms with Gasteiger partial charge in [-0.2, -0.15) is 0 Å². The lowest BCUT2D eigenvalue weighted by Gasteiger charge is -2.46. The van der Waals surface area contributed by atoms with Crippen LogP contribution in [0.2, 0.25) is 0 Å². The average Bonchev–Trinajstić information content (AvgIpc) is 2.72. The van der Waals surface area contributed by atoms with E-state index in [1.165, 1.54) is 36.9 Å². The van der Waals surface area contributed by atoms with E-state index in [0.717, 1.165) is 26.2 Å². The Bertz CT molecular complexity index is 557. The third kappa shape index (κ3) is 4.30. The van der Waals surface area contributed by atoms with Gasteiger partial charge in [-0.15, -0.1) is 0 Å². The van der Waals surface area contributed by atoms with Gasteiger partial charge < -0.3 is 10.6 Å². The molecular weight excluding hydrogens is 306 g/mol. The molecule has 25 heavy (non-hydrogen) atoms. The summed E-state index contributed by atoms with van der Waals surface area (Å²) in [6, 6.07) is 21.9. The zero-order valence-electron chi connectivity index (χ0n) is 15.4. The Balaban J connectivity index is 0.000000258. The van der Waals surface area contributed by atoms with Gasteiger partial charge in [0.05, 0.1) is 5.54 Å². The molecule has 3 nitrogen and oxygen atoms in total. The van der Waals surface area contributed by atoms with Gasteiger partial charge in [-0.05, 0) is 44.0 Å². The molecular formula is C22H31N3. The number of benzene rings is 2. The molecule has 3 heteroatoms. The van der Waals surface area contributed by atoms with Crippen LogP contribution in [0.4, 0.5) is 0 Å². The first kappa shape index (κ1) is 18.1. The first-order valence-electron chi connectivity index (χ1n) is 9.58. The van der Waals surface area contributed by atoms with Crippen LogP contribution in [0.25, 0.3) is 0 Å². The van der Waals surface area contributed by atoms with E-state index in [-0.39, 0.29) is 5.54 Å². The van der Waals surface area contributed by atoms with Crippen molar-refractivity contribution in [3.05, 3.63) is 71.8 Å². The van der Waals surface area contributed by atoms with Gasteiger partial charge in [-0.25, -0.2) is 0 Å². The number of hydrogen-bond acceptors (Lipinski definition) is 3. The fourth-order valence-corrected chi connectivity index (χ4v) is 4.04. The number of nitrogens with one attached hydrogen (secondary N) is 2.